The fourth-order valence-corrected chi connectivity index (χ4v) is 4.24. The summed E-state index contributed by atoms with van der Waals surface area (Å²) in [5.74, 6) is 0.114. The van der Waals surface area contributed by atoms with Gasteiger partial charge in [-0.15, -0.1) is 11.6 Å². The number of nitrogens with one attached hydrogen (secondary N) is 1. The summed E-state index contributed by atoms with van der Waals surface area (Å²) in [4.78, 5) is 28.7. The highest BCUT2D eigenvalue weighted by atomic mass is 35.5. The predicted octanol–water partition coefficient (Wildman–Crippen LogP) is 3.70. The molecule has 0 aliphatic carbocycles. The van der Waals surface area contributed by atoms with Crippen LogP contribution in [-0.2, 0) is 11.2 Å². The van der Waals surface area contributed by atoms with Crippen LogP contribution in [0.1, 0.15) is 39.7 Å². The molecule has 0 saturated carbocycles. The average molecular weight is 412 g/mol. The zero-order valence-corrected chi connectivity index (χ0v) is 17.2. The molecule has 2 amide bonds. The molecule has 2 aliphatic heterocycles. The van der Waals surface area contributed by atoms with E-state index in [1.54, 1.807) is 0 Å². The van der Waals surface area contributed by atoms with Gasteiger partial charge in [-0.25, -0.2) is 0 Å². The van der Waals surface area contributed by atoms with Crippen molar-refractivity contribution in [1.29, 1.82) is 0 Å². The summed E-state index contributed by atoms with van der Waals surface area (Å²) in [6.45, 7) is 4.12. The van der Waals surface area contributed by atoms with Crippen molar-refractivity contribution in [3.8, 4) is 0 Å². The van der Waals surface area contributed by atoms with E-state index in [1.165, 1.54) is 0 Å². The van der Waals surface area contributed by atoms with Gasteiger partial charge in [0.05, 0.1) is 5.38 Å². The number of rotatable bonds is 5. The molecule has 0 bridgehead atoms. The minimum Gasteiger partial charge on any atom is -0.336 e. The van der Waals surface area contributed by atoms with E-state index in [-0.39, 0.29) is 17.2 Å². The van der Waals surface area contributed by atoms with Crippen molar-refractivity contribution < 1.29 is 9.59 Å². The number of benzene rings is 2. The van der Waals surface area contributed by atoms with E-state index in [9.17, 15) is 9.59 Å². The van der Waals surface area contributed by atoms with Crippen LogP contribution in [-0.4, -0.2) is 54.3 Å². The first-order valence-corrected chi connectivity index (χ1v) is 10.7. The van der Waals surface area contributed by atoms with Gasteiger partial charge in [0.15, 0.2) is 0 Å². The van der Waals surface area contributed by atoms with E-state index in [2.05, 4.69) is 22.3 Å². The van der Waals surface area contributed by atoms with Crippen LogP contribution < -0.4 is 5.32 Å². The Bertz CT molecular complexity index is 879. The number of carbonyl (C=O) groups is 2. The molecule has 2 aromatic rings. The standard InChI is InChI=1S/C23H26ClN3O2/c24-20(17-4-2-1-3-5-17)10-11-26-12-14-27(15-13-26)23(29)19-6-8-21-18(16-19)7-9-22(28)25-21/h1-6,8,16,20H,7,9-15H2,(H,25,28). The predicted molar refractivity (Wildman–Crippen MR) is 115 cm³/mol. The lowest BCUT2D eigenvalue weighted by Gasteiger charge is -2.35. The summed E-state index contributed by atoms with van der Waals surface area (Å²) in [5, 5.41) is 2.89. The number of hydrogen-bond donors (Lipinski definition) is 1. The normalized spacial score (nSPS) is 18.1. The maximum Gasteiger partial charge on any atom is 0.253 e. The Kier molecular flexibility index (Phi) is 6.16. The smallest absolute Gasteiger partial charge is 0.253 e. The lowest BCUT2D eigenvalue weighted by Crippen LogP contribution is -2.49. The van der Waals surface area contributed by atoms with Crippen LogP contribution >= 0.6 is 11.6 Å². The van der Waals surface area contributed by atoms with E-state index in [0.717, 1.165) is 56.0 Å². The van der Waals surface area contributed by atoms with E-state index >= 15 is 0 Å². The van der Waals surface area contributed by atoms with Crippen molar-refractivity contribution in [3.05, 3.63) is 65.2 Å². The highest BCUT2D eigenvalue weighted by Crippen LogP contribution is 2.26. The maximum atomic E-state index is 12.9. The molecule has 2 heterocycles. The Balaban J connectivity index is 1.28. The molecular formula is C23H26ClN3O2. The van der Waals surface area contributed by atoms with E-state index in [0.29, 0.717) is 18.4 Å². The van der Waals surface area contributed by atoms with E-state index in [1.807, 2.05) is 41.3 Å². The van der Waals surface area contributed by atoms with Crippen molar-refractivity contribution in [3.63, 3.8) is 0 Å². The van der Waals surface area contributed by atoms with Crippen molar-refractivity contribution >= 4 is 29.1 Å². The van der Waals surface area contributed by atoms with Gasteiger partial charge in [0.1, 0.15) is 0 Å². The largest absolute Gasteiger partial charge is 0.336 e. The molecule has 0 radical (unpaired) electrons. The summed E-state index contributed by atoms with van der Waals surface area (Å²) in [6, 6.07) is 15.8. The van der Waals surface area contributed by atoms with Gasteiger partial charge in [-0.05, 0) is 42.2 Å². The van der Waals surface area contributed by atoms with Gasteiger partial charge in [0, 0.05) is 50.4 Å². The molecule has 4 rings (SSSR count). The minimum absolute atomic E-state index is 0.0202. The molecule has 1 unspecified atom stereocenters. The topological polar surface area (TPSA) is 52.7 Å². The summed E-state index contributed by atoms with van der Waals surface area (Å²) in [5.41, 5.74) is 3.74. The number of anilines is 1. The van der Waals surface area contributed by atoms with Crippen molar-refractivity contribution in [2.75, 3.05) is 38.0 Å². The fourth-order valence-electron chi connectivity index (χ4n) is 4.00. The van der Waals surface area contributed by atoms with Gasteiger partial charge >= 0.3 is 0 Å². The summed E-state index contributed by atoms with van der Waals surface area (Å²) >= 11 is 6.53. The first-order valence-electron chi connectivity index (χ1n) is 10.2. The molecule has 0 aromatic heterocycles. The number of fused-ring (bicyclic) bond motifs is 1. The van der Waals surface area contributed by atoms with Crippen LogP contribution in [0.3, 0.4) is 0 Å². The molecule has 29 heavy (non-hydrogen) atoms. The Morgan fingerprint density at radius 3 is 2.55 bits per heavy atom. The summed E-state index contributed by atoms with van der Waals surface area (Å²) in [7, 11) is 0. The first kappa shape index (κ1) is 19.9. The Morgan fingerprint density at radius 1 is 1.03 bits per heavy atom. The third-order valence-corrected chi connectivity index (χ3v) is 6.24. The van der Waals surface area contributed by atoms with Gasteiger partial charge < -0.3 is 10.2 Å². The van der Waals surface area contributed by atoms with Crippen LogP contribution in [0.25, 0.3) is 0 Å². The van der Waals surface area contributed by atoms with Crippen LogP contribution in [0.4, 0.5) is 5.69 Å². The molecule has 0 spiro atoms. The number of alkyl halides is 1. The van der Waals surface area contributed by atoms with Crippen molar-refractivity contribution in [2.45, 2.75) is 24.6 Å². The second kappa shape index (κ2) is 8.97. The molecule has 1 fully saturated rings. The summed E-state index contributed by atoms with van der Waals surface area (Å²) in [6.07, 6.45) is 2.07. The van der Waals surface area contributed by atoms with Gasteiger partial charge in [0.2, 0.25) is 5.91 Å². The highest BCUT2D eigenvalue weighted by Gasteiger charge is 2.24. The van der Waals surface area contributed by atoms with Crippen LogP contribution in [0.5, 0.6) is 0 Å². The van der Waals surface area contributed by atoms with Crippen molar-refractivity contribution in [2.24, 2.45) is 0 Å². The van der Waals surface area contributed by atoms with Gasteiger partial charge in [-0.1, -0.05) is 30.3 Å². The Morgan fingerprint density at radius 2 is 1.79 bits per heavy atom. The molecule has 1 atom stereocenters. The molecule has 2 aromatic carbocycles. The van der Waals surface area contributed by atoms with Crippen LogP contribution in [0.15, 0.2) is 48.5 Å². The SMILES string of the molecule is O=C1CCc2cc(C(=O)N3CCN(CCC(Cl)c4ccccc4)CC3)ccc2N1. The van der Waals surface area contributed by atoms with Gasteiger partial charge in [0.25, 0.3) is 5.91 Å². The third-order valence-electron chi connectivity index (χ3n) is 5.77. The highest BCUT2D eigenvalue weighted by molar-refractivity contribution is 6.20. The minimum atomic E-state index is 0.0202. The zero-order valence-electron chi connectivity index (χ0n) is 16.4. The monoisotopic (exact) mass is 411 g/mol. The Hall–Kier alpha value is -2.37. The molecule has 5 nitrogen and oxygen atoms in total. The number of amides is 2. The number of aryl methyl sites for hydroxylation is 1. The molecule has 6 heteroatoms. The maximum absolute atomic E-state index is 12.9. The second-order valence-electron chi connectivity index (χ2n) is 7.72. The van der Waals surface area contributed by atoms with Gasteiger partial charge in [-0.2, -0.15) is 0 Å². The van der Waals surface area contributed by atoms with Crippen LogP contribution in [0, 0.1) is 0 Å². The number of carbonyl (C=O) groups excluding carboxylic acids is 2. The van der Waals surface area contributed by atoms with E-state index < -0.39 is 0 Å². The third kappa shape index (κ3) is 4.80. The molecule has 152 valence electrons. The first-order chi connectivity index (χ1) is 14.1. The van der Waals surface area contributed by atoms with Gasteiger partial charge in [-0.3, -0.25) is 14.5 Å². The van der Waals surface area contributed by atoms with E-state index in [4.69, 9.17) is 11.6 Å². The lowest BCUT2D eigenvalue weighted by atomic mass is 10.00. The number of nitrogens with zero attached hydrogens (tertiary/aromatic N) is 2. The number of piperazine rings is 1. The summed E-state index contributed by atoms with van der Waals surface area (Å²) < 4.78 is 0. The van der Waals surface area contributed by atoms with Crippen LogP contribution in [0.2, 0.25) is 0 Å². The van der Waals surface area contributed by atoms with Crippen molar-refractivity contribution in [1.82, 2.24) is 9.80 Å². The molecular weight excluding hydrogens is 386 g/mol. The number of hydrogen-bond acceptors (Lipinski definition) is 3. The lowest BCUT2D eigenvalue weighted by molar-refractivity contribution is -0.116. The molecule has 1 N–H and O–H groups in total. The fraction of sp³-hybridized carbons (Fsp3) is 0.391. The molecule has 1 saturated heterocycles. The molecule has 2 aliphatic rings. The Labute approximate surface area is 176 Å². The quantitative estimate of drug-likeness (QED) is 0.763. The second-order valence-corrected chi connectivity index (χ2v) is 8.25. The number of halogens is 1. The zero-order chi connectivity index (χ0) is 20.2. The average Bonchev–Trinajstić information content (AvgIpc) is 2.77.